The maximum absolute atomic E-state index is 11.7. The minimum absolute atomic E-state index is 0.376. The topological polar surface area (TPSA) is 40.5 Å². The molecule has 0 saturated carbocycles. The van der Waals surface area contributed by atoms with Gasteiger partial charge in [0.05, 0.1) is 11.3 Å². The quantitative estimate of drug-likeness (QED) is 0.856. The Morgan fingerprint density at radius 2 is 2.05 bits per heavy atom. The Bertz CT molecular complexity index is 503. The monoisotopic (exact) mass is 293 g/mol. The van der Waals surface area contributed by atoms with E-state index in [4.69, 9.17) is 0 Å². The van der Waals surface area contributed by atoms with Crippen molar-refractivity contribution in [3.05, 3.63) is 23.8 Å². The van der Waals surface area contributed by atoms with E-state index in [9.17, 15) is 9.90 Å². The lowest BCUT2D eigenvalue weighted by atomic mass is 9.85. The highest BCUT2D eigenvalue weighted by Crippen LogP contribution is 2.36. The fraction of sp³-hybridized carbons (Fsp3) is 0.562. The van der Waals surface area contributed by atoms with Crippen molar-refractivity contribution in [1.29, 1.82) is 0 Å². The van der Waals surface area contributed by atoms with Crippen LogP contribution >= 0.6 is 11.8 Å². The molecule has 2 rings (SSSR count). The molecule has 110 valence electrons. The molecule has 0 aliphatic carbocycles. The van der Waals surface area contributed by atoms with Gasteiger partial charge in [0, 0.05) is 17.5 Å². The first kappa shape index (κ1) is 15.2. The number of carboxylic acids is 1. The maximum atomic E-state index is 11.7. The molecular weight excluding hydrogens is 270 g/mol. The van der Waals surface area contributed by atoms with Crippen LogP contribution in [0.4, 0.5) is 5.69 Å². The standard InChI is InChI=1S/C16H23NO2S/c1-10-8-11(2)12(3)17(9-10)13-6-5-7-14(20-4)15(13)16(18)19/h5-7,10-12H,8-9H2,1-4H3,(H,18,19). The summed E-state index contributed by atoms with van der Waals surface area (Å²) in [6.45, 7) is 7.64. The molecule has 1 N–H and O–H groups in total. The second-order valence-electron chi connectivity index (χ2n) is 5.87. The molecule has 0 spiro atoms. The zero-order valence-corrected chi connectivity index (χ0v) is 13.4. The van der Waals surface area contributed by atoms with Crippen LogP contribution in [-0.4, -0.2) is 29.9 Å². The molecule has 1 aliphatic rings. The number of carbonyl (C=O) groups is 1. The first-order chi connectivity index (χ1) is 9.45. The number of hydrogen-bond acceptors (Lipinski definition) is 3. The van der Waals surface area contributed by atoms with Crippen LogP contribution in [0.2, 0.25) is 0 Å². The molecule has 1 saturated heterocycles. The summed E-state index contributed by atoms with van der Waals surface area (Å²) in [6.07, 6.45) is 3.14. The lowest BCUT2D eigenvalue weighted by Crippen LogP contribution is -2.46. The number of thioether (sulfide) groups is 1. The lowest BCUT2D eigenvalue weighted by molar-refractivity contribution is 0.0693. The lowest BCUT2D eigenvalue weighted by Gasteiger charge is -2.43. The average molecular weight is 293 g/mol. The van der Waals surface area contributed by atoms with Crippen LogP contribution in [0.3, 0.4) is 0 Å². The van der Waals surface area contributed by atoms with Crippen LogP contribution in [0.5, 0.6) is 0 Å². The van der Waals surface area contributed by atoms with E-state index in [-0.39, 0.29) is 0 Å². The first-order valence-electron chi connectivity index (χ1n) is 7.12. The van der Waals surface area contributed by atoms with E-state index in [1.165, 1.54) is 18.2 Å². The molecule has 3 atom stereocenters. The van der Waals surface area contributed by atoms with Crippen molar-refractivity contribution in [2.45, 2.75) is 38.1 Å². The minimum Gasteiger partial charge on any atom is -0.478 e. The van der Waals surface area contributed by atoms with Gasteiger partial charge in [-0.2, -0.15) is 0 Å². The summed E-state index contributed by atoms with van der Waals surface area (Å²) in [7, 11) is 0. The molecule has 0 radical (unpaired) electrons. The fourth-order valence-electron chi connectivity index (χ4n) is 3.18. The molecule has 0 aromatic heterocycles. The predicted octanol–water partition coefficient (Wildman–Crippen LogP) is 3.98. The smallest absolute Gasteiger partial charge is 0.338 e. The summed E-state index contributed by atoms with van der Waals surface area (Å²) in [4.78, 5) is 14.8. The van der Waals surface area contributed by atoms with Gasteiger partial charge in [-0.25, -0.2) is 4.79 Å². The zero-order valence-electron chi connectivity index (χ0n) is 12.6. The molecule has 20 heavy (non-hydrogen) atoms. The number of aromatic carboxylic acids is 1. The fourth-order valence-corrected chi connectivity index (χ4v) is 3.79. The van der Waals surface area contributed by atoms with E-state index in [1.54, 1.807) is 0 Å². The van der Waals surface area contributed by atoms with Crippen molar-refractivity contribution in [2.75, 3.05) is 17.7 Å². The number of hydrogen-bond donors (Lipinski definition) is 1. The third kappa shape index (κ3) is 2.80. The molecule has 0 bridgehead atoms. The van der Waals surface area contributed by atoms with E-state index >= 15 is 0 Å². The summed E-state index contributed by atoms with van der Waals surface area (Å²) in [5.41, 5.74) is 1.32. The Balaban J connectivity index is 2.48. The number of anilines is 1. The normalized spacial score (nSPS) is 26.6. The number of rotatable bonds is 3. The van der Waals surface area contributed by atoms with E-state index in [2.05, 4.69) is 25.7 Å². The van der Waals surface area contributed by atoms with Gasteiger partial charge in [-0.3, -0.25) is 0 Å². The van der Waals surface area contributed by atoms with Gasteiger partial charge in [0.25, 0.3) is 0 Å². The third-order valence-corrected chi connectivity index (χ3v) is 5.13. The van der Waals surface area contributed by atoms with Crippen LogP contribution in [0, 0.1) is 11.8 Å². The van der Waals surface area contributed by atoms with Gasteiger partial charge in [0.2, 0.25) is 0 Å². The summed E-state index contributed by atoms with van der Waals surface area (Å²) in [5, 5.41) is 9.59. The average Bonchev–Trinajstić information content (AvgIpc) is 2.41. The largest absolute Gasteiger partial charge is 0.478 e. The highest BCUT2D eigenvalue weighted by molar-refractivity contribution is 7.98. The predicted molar refractivity (Wildman–Crippen MR) is 84.9 cm³/mol. The first-order valence-corrected chi connectivity index (χ1v) is 8.35. The van der Waals surface area contributed by atoms with Gasteiger partial charge in [-0.1, -0.05) is 19.9 Å². The Kier molecular flexibility index (Phi) is 4.63. The third-order valence-electron chi connectivity index (χ3n) is 4.35. The molecular formula is C16H23NO2S. The van der Waals surface area contributed by atoms with Crippen molar-refractivity contribution in [3.8, 4) is 0 Å². The number of nitrogens with zero attached hydrogens (tertiary/aromatic N) is 1. The molecule has 3 nitrogen and oxygen atoms in total. The maximum Gasteiger partial charge on any atom is 0.338 e. The van der Waals surface area contributed by atoms with Gasteiger partial charge in [-0.15, -0.1) is 11.8 Å². The molecule has 3 unspecified atom stereocenters. The number of piperidine rings is 1. The van der Waals surface area contributed by atoms with E-state index in [0.29, 0.717) is 23.4 Å². The van der Waals surface area contributed by atoms with Gasteiger partial charge in [0.15, 0.2) is 0 Å². The SMILES string of the molecule is CSc1cccc(N2CC(C)CC(C)C2C)c1C(=O)O. The Morgan fingerprint density at radius 1 is 1.35 bits per heavy atom. The summed E-state index contributed by atoms with van der Waals surface area (Å²) < 4.78 is 0. The molecule has 0 amide bonds. The summed E-state index contributed by atoms with van der Waals surface area (Å²) in [5.74, 6) is 0.349. The molecule has 1 fully saturated rings. The van der Waals surface area contributed by atoms with Crippen LogP contribution in [0.25, 0.3) is 0 Å². The number of benzene rings is 1. The second kappa shape index (κ2) is 6.08. The van der Waals surface area contributed by atoms with Crippen LogP contribution in [0.1, 0.15) is 37.6 Å². The molecule has 1 aromatic rings. The summed E-state index contributed by atoms with van der Waals surface area (Å²) >= 11 is 1.50. The van der Waals surface area contributed by atoms with Crippen molar-refractivity contribution < 1.29 is 9.90 Å². The van der Waals surface area contributed by atoms with Crippen LogP contribution < -0.4 is 4.90 Å². The van der Waals surface area contributed by atoms with Crippen molar-refractivity contribution >= 4 is 23.4 Å². The van der Waals surface area contributed by atoms with Crippen molar-refractivity contribution in [3.63, 3.8) is 0 Å². The van der Waals surface area contributed by atoms with Crippen LogP contribution in [0.15, 0.2) is 23.1 Å². The Labute approximate surface area is 125 Å². The van der Waals surface area contributed by atoms with E-state index in [0.717, 1.165) is 17.1 Å². The molecule has 1 aromatic carbocycles. The zero-order chi connectivity index (χ0) is 14.9. The molecule has 1 heterocycles. The highest BCUT2D eigenvalue weighted by atomic mass is 32.2. The van der Waals surface area contributed by atoms with Gasteiger partial charge in [-0.05, 0) is 43.6 Å². The molecule has 4 heteroatoms. The molecule has 1 aliphatic heterocycles. The van der Waals surface area contributed by atoms with Gasteiger partial charge >= 0.3 is 5.97 Å². The van der Waals surface area contributed by atoms with E-state index < -0.39 is 5.97 Å². The number of carboxylic acid groups (broad SMARTS) is 1. The van der Waals surface area contributed by atoms with Crippen molar-refractivity contribution in [2.24, 2.45) is 11.8 Å². The second-order valence-corrected chi connectivity index (χ2v) is 6.72. The van der Waals surface area contributed by atoms with Gasteiger partial charge in [0.1, 0.15) is 0 Å². The Hall–Kier alpha value is -1.16. The van der Waals surface area contributed by atoms with E-state index in [1.807, 2.05) is 24.5 Å². The summed E-state index contributed by atoms with van der Waals surface area (Å²) in [6, 6.07) is 6.18. The Morgan fingerprint density at radius 3 is 2.65 bits per heavy atom. The highest BCUT2D eigenvalue weighted by Gasteiger charge is 2.31. The van der Waals surface area contributed by atoms with Crippen molar-refractivity contribution in [1.82, 2.24) is 0 Å². The minimum atomic E-state index is -0.831. The van der Waals surface area contributed by atoms with Crippen LogP contribution in [-0.2, 0) is 0 Å². The van der Waals surface area contributed by atoms with Gasteiger partial charge < -0.3 is 10.0 Å².